The predicted octanol–water partition coefficient (Wildman–Crippen LogP) is 1.82. The Bertz CT molecular complexity index is 1220. The first-order valence-corrected chi connectivity index (χ1v) is 11.9. The number of rotatable bonds is 6. The van der Waals surface area contributed by atoms with Crippen LogP contribution >= 0.6 is 24.0 Å². The Morgan fingerprint density at radius 3 is 2.67 bits per heavy atom. The van der Waals surface area contributed by atoms with Gasteiger partial charge in [0.1, 0.15) is 15.8 Å². The lowest BCUT2D eigenvalue weighted by atomic mass is 10.2. The van der Waals surface area contributed by atoms with Crippen molar-refractivity contribution < 1.29 is 14.7 Å². The number of carboxylic acid groups (broad SMARTS) is 1. The van der Waals surface area contributed by atoms with Gasteiger partial charge < -0.3 is 14.9 Å². The van der Waals surface area contributed by atoms with E-state index < -0.39 is 5.97 Å². The molecule has 0 saturated carbocycles. The Hall–Kier alpha value is -2.76. The van der Waals surface area contributed by atoms with E-state index in [1.807, 2.05) is 19.1 Å². The quantitative estimate of drug-likeness (QED) is 0.483. The molecule has 4 rings (SSSR count). The minimum Gasteiger partial charge on any atom is -0.481 e. The van der Waals surface area contributed by atoms with Crippen LogP contribution in [0.1, 0.15) is 24.0 Å². The molecule has 0 aliphatic carbocycles. The standard InChI is InChI=1S/C22H25N5O4S2/c1-14-5-6-17-23-19(25-10-8-24(2)9-11-25)15(20(30)27(17)13-14)12-16-21(31)26(22(32)33-16)7-3-4-18(28)29/h5-6,12-13H,3-4,7-11H2,1-2H3,(H,28,29)/b16-12-. The fraction of sp³-hybridized carbons (Fsp3) is 0.409. The number of hydrogen-bond donors (Lipinski definition) is 1. The van der Waals surface area contributed by atoms with Crippen LogP contribution in [0.4, 0.5) is 5.82 Å². The van der Waals surface area contributed by atoms with Crippen LogP contribution in [0.5, 0.6) is 0 Å². The first-order chi connectivity index (χ1) is 15.7. The molecule has 1 amide bonds. The van der Waals surface area contributed by atoms with Crippen molar-refractivity contribution in [1.29, 1.82) is 0 Å². The summed E-state index contributed by atoms with van der Waals surface area (Å²) in [6, 6.07) is 3.74. The van der Waals surface area contributed by atoms with Crippen LogP contribution in [-0.2, 0) is 9.59 Å². The van der Waals surface area contributed by atoms with Gasteiger partial charge in [-0.05, 0) is 38.1 Å². The van der Waals surface area contributed by atoms with Crippen LogP contribution in [0.2, 0.25) is 0 Å². The molecule has 33 heavy (non-hydrogen) atoms. The van der Waals surface area contributed by atoms with Crippen molar-refractivity contribution in [3.63, 3.8) is 0 Å². The highest BCUT2D eigenvalue weighted by Crippen LogP contribution is 2.33. The molecule has 2 aromatic rings. The second-order valence-electron chi connectivity index (χ2n) is 8.21. The maximum absolute atomic E-state index is 13.5. The first kappa shape index (κ1) is 23.4. The maximum Gasteiger partial charge on any atom is 0.303 e. The number of nitrogens with zero attached hydrogens (tertiary/aromatic N) is 5. The fourth-order valence-electron chi connectivity index (χ4n) is 3.84. The fourth-order valence-corrected chi connectivity index (χ4v) is 5.14. The summed E-state index contributed by atoms with van der Waals surface area (Å²) in [6.45, 7) is 5.28. The van der Waals surface area contributed by atoms with Gasteiger partial charge in [0.05, 0.1) is 10.5 Å². The summed E-state index contributed by atoms with van der Waals surface area (Å²) >= 11 is 6.48. The van der Waals surface area contributed by atoms with Crippen molar-refractivity contribution in [3.05, 3.63) is 44.7 Å². The van der Waals surface area contributed by atoms with E-state index in [2.05, 4.69) is 16.8 Å². The van der Waals surface area contributed by atoms with E-state index in [9.17, 15) is 14.4 Å². The van der Waals surface area contributed by atoms with Crippen LogP contribution in [0.15, 0.2) is 28.0 Å². The van der Waals surface area contributed by atoms with E-state index >= 15 is 0 Å². The summed E-state index contributed by atoms with van der Waals surface area (Å²) < 4.78 is 1.87. The molecule has 0 bridgehead atoms. The molecule has 4 heterocycles. The number of carbonyl (C=O) groups is 2. The van der Waals surface area contributed by atoms with Gasteiger partial charge in [0.25, 0.3) is 11.5 Å². The van der Waals surface area contributed by atoms with Gasteiger partial charge in [0.15, 0.2) is 0 Å². The number of thiocarbonyl (C=S) groups is 1. The normalized spacial score (nSPS) is 18.7. The second kappa shape index (κ2) is 9.62. The van der Waals surface area contributed by atoms with Crippen molar-refractivity contribution >= 4 is 57.7 Å². The van der Waals surface area contributed by atoms with Crippen LogP contribution < -0.4 is 10.5 Å². The topological polar surface area (TPSA) is 98.5 Å². The average molecular weight is 488 g/mol. The summed E-state index contributed by atoms with van der Waals surface area (Å²) in [7, 11) is 2.05. The van der Waals surface area contributed by atoms with Gasteiger partial charge in [-0.25, -0.2) is 4.98 Å². The van der Waals surface area contributed by atoms with E-state index in [0.717, 1.165) is 43.5 Å². The van der Waals surface area contributed by atoms with Gasteiger partial charge in [-0.15, -0.1) is 0 Å². The minimum absolute atomic E-state index is 0.0427. The summed E-state index contributed by atoms with van der Waals surface area (Å²) in [4.78, 5) is 48.2. The number of hydrogen-bond acceptors (Lipinski definition) is 8. The van der Waals surface area contributed by atoms with E-state index in [0.29, 0.717) is 32.7 Å². The highest BCUT2D eigenvalue weighted by molar-refractivity contribution is 8.26. The molecular weight excluding hydrogens is 462 g/mol. The molecule has 2 fully saturated rings. The average Bonchev–Trinajstić information content (AvgIpc) is 3.04. The van der Waals surface area contributed by atoms with Gasteiger partial charge >= 0.3 is 5.97 Å². The molecule has 9 nitrogen and oxygen atoms in total. The van der Waals surface area contributed by atoms with Gasteiger partial charge in [-0.3, -0.25) is 23.7 Å². The van der Waals surface area contributed by atoms with E-state index in [1.165, 1.54) is 9.30 Å². The third kappa shape index (κ3) is 4.94. The lowest BCUT2D eigenvalue weighted by molar-refractivity contribution is -0.137. The summed E-state index contributed by atoms with van der Waals surface area (Å²) in [5.74, 6) is -0.667. The summed E-state index contributed by atoms with van der Waals surface area (Å²) in [5, 5.41) is 8.87. The zero-order chi connectivity index (χ0) is 23.7. The van der Waals surface area contributed by atoms with E-state index in [4.69, 9.17) is 22.3 Å². The van der Waals surface area contributed by atoms with Crippen molar-refractivity contribution in [2.45, 2.75) is 19.8 Å². The minimum atomic E-state index is -0.918. The molecule has 0 radical (unpaired) electrons. The van der Waals surface area contributed by atoms with E-state index in [-0.39, 0.29) is 24.4 Å². The molecule has 11 heteroatoms. The number of carbonyl (C=O) groups excluding carboxylic acids is 1. The molecular formula is C22H25N5O4S2. The van der Waals surface area contributed by atoms with Gasteiger partial charge in [0.2, 0.25) is 0 Å². The van der Waals surface area contributed by atoms with Gasteiger partial charge in [-0.1, -0.05) is 30.0 Å². The number of fused-ring (bicyclic) bond motifs is 1. The highest BCUT2D eigenvalue weighted by Gasteiger charge is 2.33. The number of thioether (sulfide) groups is 1. The Morgan fingerprint density at radius 1 is 1.24 bits per heavy atom. The Morgan fingerprint density at radius 2 is 1.97 bits per heavy atom. The molecule has 0 atom stereocenters. The molecule has 174 valence electrons. The molecule has 2 aliphatic rings. The smallest absolute Gasteiger partial charge is 0.303 e. The van der Waals surface area contributed by atoms with Crippen molar-refractivity contribution in [2.75, 3.05) is 44.7 Å². The van der Waals surface area contributed by atoms with Crippen LogP contribution in [0, 0.1) is 6.92 Å². The Kier molecular flexibility index (Phi) is 6.82. The van der Waals surface area contributed by atoms with Crippen LogP contribution in [-0.4, -0.2) is 80.3 Å². The van der Waals surface area contributed by atoms with Crippen molar-refractivity contribution in [1.82, 2.24) is 19.2 Å². The SMILES string of the molecule is Cc1ccc2nc(N3CCN(C)CC3)c(/C=C3\SC(=S)N(CCCC(=O)O)C3=O)c(=O)n2c1. The Labute approximate surface area is 200 Å². The third-order valence-corrected chi connectivity index (χ3v) is 7.09. The number of aliphatic carboxylic acids is 1. The summed E-state index contributed by atoms with van der Waals surface area (Å²) in [5.41, 5.74) is 1.59. The summed E-state index contributed by atoms with van der Waals surface area (Å²) in [6.07, 6.45) is 3.60. The number of carboxylic acids is 1. The molecule has 2 saturated heterocycles. The van der Waals surface area contributed by atoms with Gasteiger partial charge in [0, 0.05) is 45.3 Å². The maximum atomic E-state index is 13.5. The van der Waals surface area contributed by atoms with Crippen molar-refractivity contribution in [3.8, 4) is 0 Å². The molecule has 1 N–H and O–H groups in total. The second-order valence-corrected chi connectivity index (χ2v) is 9.89. The molecule has 2 aliphatic heterocycles. The van der Waals surface area contributed by atoms with Crippen molar-refractivity contribution in [2.24, 2.45) is 0 Å². The zero-order valence-electron chi connectivity index (χ0n) is 18.5. The number of anilines is 1. The molecule has 0 aromatic carbocycles. The molecule has 2 aromatic heterocycles. The monoisotopic (exact) mass is 487 g/mol. The number of piperazine rings is 1. The lowest BCUT2D eigenvalue weighted by Gasteiger charge is -2.34. The van der Waals surface area contributed by atoms with E-state index in [1.54, 1.807) is 12.3 Å². The largest absolute Gasteiger partial charge is 0.481 e. The number of aryl methyl sites for hydroxylation is 1. The highest BCUT2D eigenvalue weighted by atomic mass is 32.2. The van der Waals surface area contributed by atoms with Gasteiger partial charge in [-0.2, -0.15) is 0 Å². The van der Waals surface area contributed by atoms with Crippen LogP contribution in [0.3, 0.4) is 0 Å². The molecule has 0 unspecified atom stereocenters. The lowest BCUT2D eigenvalue weighted by Crippen LogP contribution is -2.45. The van der Waals surface area contributed by atoms with Crippen LogP contribution in [0.25, 0.3) is 11.7 Å². The number of likely N-dealkylation sites (N-methyl/N-ethyl adjacent to an activating group) is 1. The first-order valence-electron chi connectivity index (χ1n) is 10.7. The number of amides is 1. The Balaban J connectivity index is 1.75. The molecule has 0 spiro atoms. The zero-order valence-corrected chi connectivity index (χ0v) is 20.1. The third-order valence-electron chi connectivity index (χ3n) is 5.71. The number of pyridine rings is 1. The number of aromatic nitrogens is 2. The predicted molar refractivity (Wildman–Crippen MR) is 133 cm³/mol.